The summed E-state index contributed by atoms with van der Waals surface area (Å²) in [5.74, 6) is 0.147. The Labute approximate surface area is 98.6 Å². The van der Waals surface area contributed by atoms with Crippen LogP contribution < -0.4 is 11.1 Å². The standard InChI is InChI=1S/C12H25N3O/c1-3-10(4-2)14-12(16)9-15-7-5-6-11(15)8-13/h10-11H,3-9,13H2,1-2H3,(H,14,16). The van der Waals surface area contributed by atoms with Crippen LogP contribution in [0.4, 0.5) is 0 Å². The monoisotopic (exact) mass is 227 g/mol. The second-order valence-electron chi connectivity index (χ2n) is 4.58. The number of carbonyl (C=O) groups is 1. The quantitative estimate of drug-likeness (QED) is 0.703. The number of likely N-dealkylation sites (tertiary alicyclic amines) is 1. The molecule has 1 unspecified atom stereocenters. The van der Waals surface area contributed by atoms with E-state index in [2.05, 4.69) is 24.1 Å². The zero-order valence-electron chi connectivity index (χ0n) is 10.5. The minimum Gasteiger partial charge on any atom is -0.352 e. The van der Waals surface area contributed by atoms with E-state index in [-0.39, 0.29) is 5.91 Å². The summed E-state index contributed by atoms with van der Waals surface area (Å²) in [6, 6.07) is 0.735. The first-order chi connectivity index (χ1) is 7.71. The summed E-state index contributed by atoms with van der Waals surface area (Å²) < 4.78 is 0. The number of rotatable bonds is 6. The van der Waals surface area contributed by atoms with Crippen LogP contribution in [0.25, 0.3) is 0 Å². The number of carbonyl (C=O) groups excluding carboxylic acids is 1. The summed E-state index contributed by atoms with van der Waals surface area (Å²) >= 11 is 0. The lowest BCUT2D eigenvalue weighted by Gasteiger charge is -2.23. The van der Waals surface area contributed by atoms with Gasteiger partial charge in [0.25, 0.3) is 0 Å². The first-order valence-electron chi connectivity index (χ1n) is 6.44. The molecule has 0 aromatic rings. The van der Waals surface area contributed by atoms with Crippen LogP contribution in [0.2, 0.25) is 0 Å². The van der Waals surface area contributed by atoms with Crippen molar-refractivity contribution in [2.45, 2.75) is 51.6 Å². The van der Waals surface area contributed by atoms with E-state index in [0.29, 0.717) is 25.2 Å². The highest BCUT2D eigenvalue weighted by molar-refractivity contribution is 5.78. The van der Waals surface area contributed by atoms with Gasteiger partial charge in [-0.3, -0.25) is 9.69 Å². The Morgan fingerprint density at radius 3 is 2.75 bits per heavy atom. The van der Waals surface area contributed by atoms with Gasteiger partial charge in [0.1, 0.15) is 0 Å². The lowest BCUT2D eigenvalue weighted by molar-refractivity contribution is -0.123. The molecule has 1 aliphatic rings. The number of hydrogen-bond acceptors (Lipinski definition) is 3. The Morgan fingerprint density at radius 1 is 1.50 bits per heavy atom. The van der Waals surface area contributed by atoms with Gasteiger partial charge in [0.15, 0.2) is 0 Å². The second kappa shape index (κ2) is 6.86. The molecule has 16 heavy (non-hydrogen) atoms. The average Bonchev–Trinajstić information content (AvgIpc) is 2.73. The van der Waals surface area contributed by atoms with E-state index in [1.54, 1.807) is 0 Å². The van der Waals surface area contributed by atoms with E-state index in [4.69, 9.17) is 5.73 Å². The van der Waals surface area contributed by atoms with Crippen molar-refractivity contribution in [1.82, 2.24) is 10.2 Å². The predicted molar refractivity (Wildman–Crippen MR) is 66.2 cm³/mol. The van der Waals surface area contributed by atoms with Crippen molar-refractivity contribution < 1.29 is 4.79 Å². The summed E-state index contributed by atoms with van der Waals surface area (Å²) in [6.45, 7) is 6.40. The average molecular weight is 227 g/mol. The second-order valence-corrected chi connectivity index (χ2v) is 4.58. The molecule has 1 saturated heterocycles. The molecule has 1 amide bonds. The molecule has 94 valence electrons. The van der Waals surface area contributed by atoms with Crippen LogP contribution in [0, 0.1) is 0 Å². The SMILES string of the molecule is CCC(CC)NC(=O)CN1CCCC1CN. The largest absolute Gasteiger partial charge is 0.352 e. The number of nitrogens with two attached hydrogens (primary N) is 1. The fourth-order valence-corrected chi connectivity index (χ4v) is 2.32. The van der Waals surface area contributed by atoms with E-state index in [1.165, 1.54) is 6.42 Å². The Kier molecular flexibility index (Phi) is 5.77. The van der Waals surface area contributed by atoms with Gasteiger partial charge in [-0.15, -0.1) is 0 Å². The van der Waals surface area contributed by atoms with Gasteiger partial charge in [-0.2, -0.15) is 0 Å². The minimum atomic E-state index is 0.147. The van der Waals surface area contributed by atoms with Crippen molar-refractivity contribution in [3.05, 3.63) is 0 Å². The molecule has 3 N–H and O–H groups in total. The first kappa shape index (κ1) is 13.5. The molecular weight excluding hydrogens is 202 g/mol. The molecule has 1 heterocycles. The molecule has 4 nitrogen and oxygen atoms in total. The summed E-state index contributed by atoms with van der Waals surface area (Å²) in [4.78, 5) is 14.0. The van der Waals surface area contributed by atoms with Crippen molar-refractivity contribution in [2.75, 3.05) is 19.6 Å². The molecular formula is C12H25N3O. The number of nitrogens with one attached hydrogen (secondary N) is 1. The third-order valence-corrected chi connectivity index (χ3v) is 3.47. The molecule has 1 rings (SSSR count). The molecule has 1 aliphatic heterocycles. The molecule has 0 aromatic carbocycles. The van der Waals surface area contributed by atoms with Crippen molar-refractivity contribution in [1.29, 1.82) is 0 Å². The molecule has 0 saturated carbocycles. The number of nitrogens with zero attached hydrogens (tertiary/aromatic N) is 1. The van der Waals surface area contributed by atoms with Crippen molar-refractivity contribution in [3.63, 3.8) is 0 Å². The Bertz CT molecular complexity index is 216. The highest BCUT2D eigenvalue weighted by atomic mass is 16.2. The van der Waals surface area contributed by atoms with Crippen molar-refractivity contribution in [2.24, 2.45) is 5.73 Å². The van der Waals surface area contributed by atoms with Crippen molar-refractivity contribution in [3.8, 4) is 0 Å². The molecule has 1 fully saturated rings. The molecule has 0 spiro atoms. The number of amides is 1. The Hall–Kier alpha value is -0.610. The highest BCUT2D eigenvalue weighted by Gasteiger charge is 2.25. The normalized spacial score (nSPS) is 21.6. The maximum atomic E-state index is 11.8. The lowest BCUT2D eigenvalue weighted by atomic mass is 10.2. The summed E-state index contributed by atoms with van der Waals surface area (Å²) in [6.07, 6.45) is 4.31. The maximum Gasteiger partial charge on any atom is 0.234 e. The summed E-state index contributed by atoms with van der Waals surface area (Å²) in [7, 11) is 0. The van der Waals surface area contributed by atoms with Gasteiger partial charge in [0.2, 0.25) is 5.91 Å². The fraction of sp³-hybridized carbons (Fsp3) is 0.917. The van der Waals surface area contributed by atoms with Gasteiger partial charge in [-0.05, 0) is 32.2 Å². The Morgan fingerprint density at radius 2 is 2.19 bits per heavy atom. The van der Waals surface area contributed by atoms with Gasteiger partial charge in [0.05, 0.1) is 6.54 Å². The van der Waals surface area contributed by atoms with Crippen LogP contribution in [0.15, 0.2) is 0 Å². The third-order valence-electron chi connectivity index (χ3n) is 3.47. The van der Waals surface area contributed by atoms with Gasteiger partial charge < -0.3 is 11.1 Å². The molecule has 1 atom stereocenters. The molecule has 4 heteroatoms. The van der Waals surface area contributed by atoms with Crippen LogP contribution in [0.1, 0.15) is 39.5 Å². The van der Waals surface area contributed by atoms with E-state index in [9.17, 15) is 4.79 Å². The van der Waals surface area contributed by atoms with Crippen LogP contribution >= 0.6 is 0 Å². The predicted octanol–water partition coefficient (Wildman–Crippen LogP) is 0.714. The van der Waals surface area contributed by atoms with Crippen LogP contribution in [0.3, 0.4) is 0 Å². The summed E-state index contributed by atoms with van der Waals surface area (Å²) in [5.41, 5.74) is 5.68. The zero-order valence-corrected chi connectivity index (χ0v) is 10.5. The van der Waals surface area contributed by atoms with Crippen LogP contribution in [-0.4, -0.2) is 42.5 Å². The molecule has 0 bridgehead atoms. The van der Waals surface area contributed by atoms with Crippen molar-refractivity contribution >= 4 is 5.91 Å². The van der Waals surface area contributed by atoms with E-state index >= 15 is 0 Å². The first-order valence-corrected chi connectivity index (χ1v) is 6.44. The zero-order chi connectivity index (χ0) is 12.0. The lowest BCUT2D eigenvalue weighted by Crippen LogP contribution is -2.45. The van der Waals surface area contributed by atoms with E-state index in [1.807, 2.05) is 0 Å². The van der Waals surface area contributed by atoms with Gasteiger partial charge in [-0.1, -0.05) is 13.8 Å². The molecule has 0 aromatic heterocycles. The third kappa shape index (κ3) is 3.76. The minimum absolute atomic E-state index is 0.147. The fourth-order valence-electron chi connectivity index (χ4n) is 2.32. The smallest absolute Gasteiger partial charge is 0.234 e. The van der Waals surface area contributed by atoms with Gasteiger partial charge in [-0.25, -0.2) is 0 Å². The molecule has 0 radical (unpaired) electrons. The maximum absolute atomic E-state index is 11.8. The van der Waals surface area contributed by atoms with E-state index < -0.39 is 0 Å². The van der Waals surface area contributed by atoms with Gasteiger partial charge >= 0.3 is 0 Å². The van der Waals surface area contributed by atoms with Gasteiger partial charge in [0, 0.05) is 18.6 Å². The topological polar surface area (TPSA) is 58.4 Å². The Balaban J connectivity index is 2.33. The highest BCUT2D eigenvalue weighted by Crippen LogP contribution is 2.15. The van der Waals surface area contributed by atoms with E-state index in [0.717, 1.165) is 25.8 Å². The van der Waals surface area contributed by atoms with Crippen LogP contribution in [-0.2, 0) is 4.79 Å². The van der Waals surface area contributed by atoms with Crippen LogP contribution in [0.5, 0.6) is 0 Å². The molecule has 0 aliphatic carbocycles. The summed E-state index contributed by atoms with van der Waals surface area (Å²) in [5, 5.41) is 3.07. The number of hydrogen-bond donors (Lipinski definition) is 2.